The first-order valence-corrected chi connectivity index (χ1v) is 9.90. The number of aromatic nitrogens is 1. The number of aliphatic hydroxyl groups is 1. The van der Waals surface area contributed by atoms with E-state index >= 15 is 0 Å². The maximum atomic E-state index is 13.0. The van der Waals surface area contributed by atoms with Crippen LogP contribution < -0.4 is 0 Å². The molecule has 1 amide bonds. The first-order chi connectivity index (χ1) is 14.5. The second-order valence-corrected chi connectivity index (χ2v) is 7.72. The van der Waals surface area contributed by atoms with Gasteiger partial charge in [0.15, 0.2) is 0 Å². The normalized spacial score (nSPS) is 17.5. The summed E-state index contributed by atoms with van der Waals surface area (Å²) in [5.41, 5.74) is 1.86. The average molecular weight is 476 g/mol. The first-order valence-electron chi connectivity index (χ1n) is 9.14. The van der Waals surface area contributed by atoms with Gasteiger partial charge in [-0.15, -0.1) is 12.4 Å². The van der Waals surface area contributed by atoms with Crippen molar-refractivity contribution in [3.63, 3.8) is 0 Å². The lowest BCUT2D eigenvalue weighted by molar-refractivity contribution is -0.140. The Balaban J connectivity index is 0.00000272. The van der Waals surface area contributed by atoms with E-state index < -0.39 is 17.7 Å². The van der Waals surface area contributed by atoms with Crippen molar-refractivity contribution in [1.82, 2.24) is 9.88 Å². The van der Waals surface area contributed by atoms with Crippen LogP contribution in [0.25, 0.3) is 5.76 Å². The highest BCUT2D eigenvalue weighted by molar-refractivity contribution is 6.46. The molecule has 8 heteroatoms. The molecule has 158 valence electrons. The summed E-state index contributed by atoms with van der Waals surface area (Å²) in [4.78, 5) is 31.4. The van der Waals surface area contributed by atoms with Gasteiger partial charge in [0.1, 0.15) is 5.76 Å². The van der Waals surface area contributed by atoms with Crippen molar-refractivity contribution in [3.8, 4) is 0 Å². The zero-order valence-electron chi connectivity index (χ0n) is 16.0. The van der Waals surface area contributed by atoms with E-state index in [0.717, 1.165) is 5.56 Å². The van der Waals surface area contributed by atoms with E-state index in [2.05, 4.69) is 4.98 Å². The molecule has 0 saturated carbocycles. The van der Waals surface area contributed by atoms with Crippen LogP contribution in [-0.2, 0) is 16.1 Å². The molecule has 1 aliphatic heterocycles. The van der Waals surface area contributed by atoms with E-state index in [9.17, 15) is 14.7 Å². The van der Waals surface area contributed by atoms with Crippen LogP contribution in [-0.4, -0.2) is 26.7 Å². The Hall–Kier alpha value is -2.86. The van der Waals surface area contributed by atoms with Gasteiger partial charge in [-0.3, -0.25) is 14.6 Å². The molecule has 5 nitrogen and oxygen atoms in total. The quantitative estimate of drug-likeness (QED) is 0.310. The highest BCUT2D eigenvalue weighted by Gasteiger charge is 2.46. The molecule has 0 bridgehead atoms. The van der Waals surface area contributed by atoms with Crippen molar-refractivity contribution in [1.29, 1.82) is 0 Å². The van der Waals surface area contributed by atoms with Gasteiger partial charge in [0, 0.05) is 34.5 Å². The summed E-state index contributed by atoms with van der Waals surface area (Å²) in [6, 6.07) is 16.1. The van der Waals surface area contributed by atoms with Crippen LogP contribution in [0, 0.1) is 0 Å². The van der Waals surface area contributed by atoms with Gasteiger partial charge < -0.3 is 10.0 Å². The predicted octanol–water partition coefficient (Wildman–Crippen LogP) is 5.43. The Morgan fingerprint density at radius 3 is 2.16 bits per heavy atom. The summed E-state index contributed by atoms with van der Waals surface area (Å²) in [7, 11) is 0. The minimum Gasteiger partial charge on any atom is -0.507 e. The van der Waals surface area contributed by atoms with Crippen LogP contribution in [0.5, 0.6) is 0 Å². The first kappa shape index (κ1) is 22.8. The van der Waals surface area contributed by atoms with Crippen molar-refractivity contribution < 1.29 is 14.7 Å². The molecule has 2 heterocycles. The van der Waals surface area contributed by atoms with Gasteiger partial charge in [0.25, 0.3) is 11.7 Å². The lowest BCUT2D eigenvalue weighted by Gasteiger charge is -2.25. The summed E-state index contributed by atoms with van der Waals surface area (Å²) in [6.45, 7) is 0.170. The number of hydrogen-bond donors (Lipinski definition) is 1. The van der Waals surface area contributed by atoms with Crippen LogP contribution in [0.3, 0.4) is 0 Å². The number of Topliss-reactive ketones (excluding diaryl/α,β-unsaturated/α-hetero) is 1. The topological polar surface area (TPSA) is 70.5 Å². The van der Waals surface area contributed by atoms with Gasteiger partial charge in [0.05, 0.1) is 11.6 Å². The van der Waals surface area contributed by atoms with Crippen molar-refractivity contribution in [2.24, 2.45) is 0 Å². The fourth-order valence-electron chi connectivity index (χ4n) is 3.49. The molecule has 31 heavy (non-hydrogen) atoms. The van der Waals surface area contributed by atoms with E-state index in [1.54, 1.807) is 67.0 Å². The number of aliphatic hydroxyl groups excluding tert-OH is 1. The zero-order valence-corrected chi connectivity index (χ0v) is 18.4. The highest BCUT2D eigenvalue weighted by Crippen LogP contribution is 2.40. The maximum Gasteiger partial charge on any atom is 0.295 e. The Bertz CT molecular complexity index is 1130. The summed E-state index contributed by atoms with van der Waals surface area (Å²) >= 11 is 12.0. The third-order valence-corrected chi connectivity index (χ3v) is 5.42. The number of halogens is 3. The smallest absolute Gasteiger partial charge is 0.295 e. The number of hydrogen-bond acceptors (Lipinski definition) is 4. The predicted molar refractivity (Wildman–Crippen MR) is 122 cm³/mol. The third-order valence-electron chi connectivity index (χ3n) is 4.92. The lowest BCUT2D eigenvalue weighted by Crippen LogP contribution is -2.29. The van der Waals surface area contributed by atoms with Gasteiger partial charge in [-0.25, -0.2) is 0 Å². The summed E-state index contributed by atoms with van der Waals surface area (Å²) in [5, 5.41) is 12.0. The highest BCUT2D eigenvalue weighted by atomic mass is 35.5. The molecule has 0 spiro atoms. The number of benzene rings is 2. The van der Waals surface area contributed by atoms with E-state index in [-0.39, 0.29) is 30.3 Å². The molecule has 1 fully saturated rings. The molecule has 0 aliphatic carbocycles. The van der Waals surface area contributed by atoms with E-state index in [0.29, 0.717) is 21.2 Å². The molecule has 1 saturated heterocycles. The van der Waals surface area contributed by atoms with E-state index in [1.807, 2.05) is 6.07 Å². The van der Waals surface area contributed by atoms with Crippen molar-refractivity contribution in [2.45, 2.75) is 12.6 Å². The second-order valence-electron chi connectivity index (χ2n) is 6.85. The number of nitrogens with zero attached hydrogens (tertiary/aromatic N) is 2. The fourth-order valence-corrected chi connectivity index (χ4v) is 3.74. The maximum absolute atomic E-state index is 13.0. The minimum atomic E-state index is -0.766. The minimum absolute atomic E-state index is 0. The third kappa shape index (κ3) is 4.59. The molecule has 2 aromatic carbocycles. The SMILES string of the molecule is Cl.O=C1C(=O)N(Cc2cccnc2)C(c2ccc(Cl)cc2)/C1=C(\O)c1ccc(Cl)cc1. The molecule has 1 aromatic heterocycles. The van der Waals surface area contributed by atoms with Gasteiger partial charge in [-0.1, -0.05) is 41.4 Å². The van der Waals surface area contributed by atoms with Crippen LogP contribution in [0.1, 0.15) is 22.7 Å². The number of rotatable bonds is 4. The molecular formula is C23H17Cl3N2O3. The Morgan fingerprint density at radius 2 is 1.58 bits per heavy atom. The van der Waals surface area contributed by atoms with Gasteiger partial charge in [0.2, 0.25) is 0 Å². The summed E-state index contributed by atoms with van der Waals surface area (Å²) < 4.78 is 0. The lowest BCUT2D eigenvalue weighted by atomic mass is 9.95. The van der Waals surface area contributed by atoms with Gasteiger partial charge in [-0.2, -0.15) is 0 Å². The van der Waals surface area contributed by atoms with Crippen molar-refractivity contribution >= 4 is 53.1 Å². The summed E-state index contributed by atoms with van der Waals surface area (Å²) in [5.74, 6) is -1.68. The van der Waals surface area contributed by atoms with Crippen LogP contribution in [0.4, 0.5) is 0 Å². The number of likely N-dealkylation sites (tertiary alicyclic amines) is 1. The number of ketones is 1. The van der Waals surface area contributed by atoms with Crippen molar-refractivity contribution in [2.75, 3.05) is 0 Å². The Kier molecular flexibility index (Phi) is 7.01. The van der Waals surface area contributed by atoms with E-state index in [1.165, 1.54) is 4.90 Å². The monoisotopic (exact) mass is 474 g/mol. The standard InChI is InChI=1S/C23H16Cl2N2O3.ClH/c24-17-7-3-15(4-8-17)20-19(21(28)16-5-9-18(25)10-6-16)22(29)23(30)27(20)13-14-2-1-11-26-12-14;/h1-12,20,28H,13H2;1H/b21-19+;. The van der Waals surface area contributed by atoms with Crippen LogP contribution in [0.15, 0.2) is 78.6 Å². The molecule has 1 aliphatic rings. The van der Waals surface area contributed by atoms with Crippen molar-refractivity contribution in [3.05, 3.63) is 105 Å². The van der Waals surface area contributed by atoms with Gasteiger partial charge in [-0.05, 0) is 53.6 Å². The second kappa shape index (κ2) is 9.52. The molecule has 1 N–H and O–H groups in total. The van der Waals surface area contributed by atoms with Crippen LogP contribution in [0.2, 0.25) is 10.0 Å². The summed E-state index contributed by atoms with van der Waals surface area (Å²) in [6.07, 6.45) is 3.27. The number of carbonyl (C=O) groups is 2. The molecule has 1 unspecified atom stereocenters. The largest absolute Gasteiger partial charge is 0.507 e. The van der Waals surface area contributed by atoms with Gasteiger partial charge >= 0.3 is 0 Å². The number of pyridine rings is 1. The molecule has 1 atom stereocenters. The van der Waals surface area contributed by atoms with Crippen LogP contribution >= 0.6 is 35.6 Å². The molecular weight excluding hydrogens is 459 g/mol. The molecule has 0 radical (unpaired) electrons. The Morgan fingerprint density at radius 1 is 0.968 bits per heavy atom. The zero-order chi connectivity index (χ0) is 21.3. The molecule has 4 rings (SSSR count). The average Bonchev–Trinajstić information content (AvgIpc) is 3.00. The molecule has 3 aromatic rings. The number of carbonyl (C=O) groups excluding carboxylic acids is 2. The van der Waals surface area contributed by atoms with E-state index in [4.69, 9.17) is 23.2 Å². The Labute approximate surface area is 195 Å². The number of amides is 1. The fraction of sp³-hybridized carbons (Fsp3) is 0.0870.